The Hall–Kier alpha value is -1.55. The zero-order valence-electron chi connectivity index (χ0n) is 10.8. The van der Waals surface area contributed by atoms with Gasteiger partial charge in [-0.25, -0.2) is 4.79 Å². The van der Waals surface area contributed by atoms with Crippen LogP contribution in [0.15, 0.2) is 18.2 Å². The molecule has 0 radical (unpaired) electrons. The number of benzene rings is 1. The molecule has 0 bridgehead atoms. The van der Waals surface area contributed by atoms with E-state index in [4.69, 9.17) is 5.11 Å². The number of nitrogens with one attached hydrogen (secondary N) is 1. The molecule has 1 fully saturated rings. The van der Waals surface area contributed by atoms with Gasteiger partial charge in [0, 0.05) is 18.8 Å². The maximum absolute atomic E-state index is 11.0. The van der Waals surface area contributed by atoms with Crippen LogP contribution in [-0.2, 0) is 0 Å². The van der Waals surface area contributed by atoms with Crippen molar-refractivity contribution in [2.75, 3.05) is 31.5 Å². The molecule has 0 unspecified atom stereocenters. The normalized spacial score (nSPS) is 15.8. The first kappa shape index (κ1) is 12.9. The van der Waals surface area contributed by atoms with Crippen LogP contribution in [0, 0.1) is 6.92 Å². The Kier molecular flexibility index (Phi) is 4.20. The van der Waals surface area contributed by atoms with Crippen molar-refractivity contribution in [2.24, 2.45) is 0 Å². The number of aromatic carboxylic acids is 1. The smallest absolute Gasteiger partial charge is 0.336 e. The molecule has 0 aliphatic carbocycles. The minimum Gasteiger partial charge on any atom is -0.478 e. The molecule has 0 saturated carbocycles. The molecule has 18 heavy (non-hydrogen) atoms. The van der Waals surface area contributed by atoms with Gasteiger partial charge in [-0.15, -0.1) is 0 Å². The monoisotopic (exact) mass is 248 g/mol. The number of carbonyl (C=O) groups is 1. The lowest BCUT2D eigenvalue weighted by atomic mass is 10.1. The van der Waals surface area contributed by atoms with Crippen molar-refractivity contribution in [2.45, 2.75) is 19.8 Å². The second-order valence-electron chi connectivity index (χ2n) is 4.81. The Labute approximate surface area is 108 Å². The summed E-state index contributed by atoms with van der Waals surface area (Å²) < 4.78 is 0. The summed E-state index contributed by atoms with van der Waals surface area (Å²) in [6, 6.07) is 5.50. The molecular weight excluding hydrogens is 228 g/mol. The van der Waals surface area contributed by atoms with Crippen LogP contribution in [-0.4, -0.2) is 42.2 Å². The van der Waals surface area contributed by atoms with Crippen LogP contribution in [0.3, 0.4) is 0 Å². The topological polar surface area (TPSA) is 52.6 Å². The first-order valence-corrected chi connectivity index (χ1v) is 6.47. The van der Waals surface area contributed by atoms with Gasteiger partial charge in [0.05, 0.1) is 5.56 Å². The van der Waals surface area contributed by atoms with E-state index >= 15 is 0 Å². The number of nitrogens with zero attached hydrogens (tertiary/aromatic N) is 1. The minimum absolute atomic E-state index is 0.376. The number of carboxylic acids is 1. The Balaban J connectivity index is 1.88. The van der Waals surface area contributed by atoms with Gasteiger partial charge in [0.2, 0.25) is 0 Å². The molecule has 4 nitrogen and oxygen atoms in total. The Morgan fingerprint density at radius 2 is 2.11 bits per heavy atom. The predicted molar refractivity (Wildman–Crippen MR) is 72.3 cm³/mol. The second kappa shape index (κ2) is 5.87. The average Bonchev–Trinajstić information content (AvgIpc) is 2.84. The van der Waals surface area contributed by atoms with Gasteiger partial charge in [0.15, 0.2) is 0 Å². The largest absolute Gasteiger partial charge is 0.478 e. The zero-order valence-corrected chi connectivity index (χ0v) is 10.8. The van der Waals surface area contributed by atoms with Gasteiger partial charge in [-0.1, -0.05) is 6.07 Å². The lowest BCUT2D eigenvalue weighted by Crippen LogP contribution is -2.26. The van der Waals surface area contributed by atoms with E-state index in [2.05, 4.69) is 10.2 Å². The summed E-state index contributed by atoms with van der Waals surface area (Å²) in [5.41, 5.74) is 2.06. The van der Waals surface area contributed by atoms with Crippen LogP contribution in [0.4, 0.5) is 5.69 Å². The maximum atomic E-state index is 11.0. The van der Waals surface area contributed by atoms with Crippen molar-refractivity contribution in [3.8, 4) is 0 Å². The highest BCUT2D eigenvalue weighted by Crippen LogP contribution is 2.15. The van der Waals surface area contributed by atoms with E-state index in [-0.39, 0.29) is 0 Å². The van der Waals surface area contributed by atoms with E-state index in [1.165, 1.54) is 25.9 Å². The summed E-state index contributed by atoms with van der Waals surface area (Å²) in [7, 11) is 0. The van der Waals surface area contributed by atoms with Crippen LogP contribution in [0.2, 0.25) is 0 Å². The lowest BCUT2D eigenvalue weighted by Gasteiger charge is -2.15. The van der Waals surface area contributed by atoms with Crippen LogP contribution < -0.4 is 5.32 Å². The number of anilines is 1. The standard InChI is InChI=1S/C14H20N2O2/c1-11-4-5-12(10-13(11)14(17)18)15-6-9-16-7-2-3-8-16/h4-5,10,15H,2-3,6-9H2,1H3,(H,17,18). The number of aryl methyl sites for hydroxylation is 1. The molecule has 1 aliphatic rings. The van der Waals surface area contributed by atoms with Gasteiger partial charge in [-0.05, 0) is 50.6 Å². The van der Waals surface area contributed by atoms with E-state index in [0.29, 0.717) is 5.56 Å². The molecule has 2 rings (SSSR count). The summed E-state index contributed by atoms with van der Waals surface area (Å²) in [6.07, 6.45) is 2.60. The number of hydrogen-bond donors (Lipinski definition) is 2. The van der Waals surface area contributed by atoms with Crippen molar-refractivity contribution < 1.29 is 9.90 Å². The molecular formula is C14H20N2O2. The van der Waals surface area contributed by atoms with Crippen LogP contribution >= 0.6 is 0 Å². The highest BCUT2D eigenvalue weighted by atomic mass is 16.4. The first-order valence-electron chi connectivity index (χ1n) is 6.47. The highest BCUT2D eigenvalue weighted by Gasteiger charge is 2.11. The number of carboxylic acid groups (broad SMARTS) is 1. The molecule has 1 aromatic rings. The van der Waals surface area contributed by atoms with Crippen molar-refractivity contribution in [1.82, 2.24) is 4.90 Å². The number of hydrogen-bond acceptors (Lipinski definition) is 3. The third-order valence-corrected chi connectivity index (χ3v) is 3.42. The van der Waals surface area contributed by atoms with E-state index in [0.717, 1.165) is 24.3 Å². The maximum Gasteiger partial charge on any atom is 0.336 e. The van der Waals surface area contributed by atoms with Crippen molar-refractivity contribution >= 4 is 11.7 Å². The van der Waals surface area contributed by atoms with Gasteiger partial charge in [0.1, 0.15) is 0 Å². The Morgan fingerprint density at radius 1 is 1.39 bits per heavy atom. The van der Waals surface area contributed by atoms with E-state index in [9.17, 15) is 4.79 Å². The van der Waals surface area contributed by atoms with Crippen molar-refractivity contribution in [1.29, 1.82) is 0 Å². The minimum atomic E-state index is -0.865. The molecule has 1 heterocycles. The van der Waals surface area contributed by atoms with Gasteiger partial charge >= 0.3 is 5.97 Å². The van der Waals surface area contributed by atoms with Gasteiger partial charge < -0.3 is 15.3 Å². The second-order valence-corrected chi connectivity index (χ2v) is 4.81. The quantitative estimate of drug-likeness (QED) is 0.838. The SMILES string of the molecule is Cc1ccc(NCCN2CCCC2)cc1C(=O)O. The molecule has 0 amide bonds. The fourth-order valence-electron chi connectivity index (χ4n) is 2.33. The van der Waals surface area contributed by atoms with E-state index in [1.807, 2.05) is 19.1 Å². The molecule has 98 valence electrons. The van der Waals surface area contributed by atoms with Crippen molar-refractivity contribution in [3.63, 3.8) is 0 Å². The summed E-state index contributed by atoms with van der Waals surface area (Å²) in [5, 5.41) is 12.3. The summed E-state index contributed by atoms with van der Waals surface area (Å²) in [5.74, 6) is -0.865. The molecule has 1 saturated heterocycles. The average molecular weight is 248 g/mol. The summed E-state index contributed by atoms with van der Waals surface area (Å²) >= 11 is 0. The van der Waals surface area contributed by atoms with Gasteiger partial charge in [-0.2, -0.15) is 0 Å². The fraction of sp³-hybridized carbons (Fsp3) is 0.500. The highest BCUT2D eigenvalue weighted by molar-refractivity contribution is 5.90. The molecule has 1 aliphatic heterocycles. The molecule has 0 atom stereocenters. The third kappa shape index (κ3) is 3.23. The van der Waals surface area contributed by atoms with Crippen LogP contribution in [0.1, 0.15) is 28.8 Å². The third-order valence-electron chi connectivity index (χ3n) is 3.42. The molecule has 1 aromatic carbocycles. The van der Waals surface area contributed by atoms with Crippen LogP contribution in [0.5, 0.6) is 0 Å². The van der Waals surface area contributed by atoms with E-state index < -0.39 is 5.97 Å². The van der Waals surface area contributed by atoms with Gasteiger partial charge in [-0.3, -0.25) is 0 Å². The molecule has 0 spiro atoms. The van der Waals surface area contributed by atoms with Gasteiger partial charge in [0.25, 0.3) is 0 Å². The van der Waals surface area contributed by atoms with Crippen molar-refractivity contribution in [3.05, 3.63) is 29.3 Å². The number of rotatable bonds is 5. The van der Waals surface area contributed by atoms with Crippen LogP contribution in [0.25, 0.3) is 0 Å². The zero-order chi connectivity index (χ0) is 13.0. The number of likely N-dealkylation sites (tertiary alicyclic amines) is 1. The summed E-state index contributed by atoms with van der Waals surface area (Å²) in [4.78, 5) is 13.5. The Morgan fingerprint density at radius 3 is 2.78 bits per heavy atom. The lowest BCUT2D eigenvalue weighted by molar-refractivity contribution is 0.0696. The van der Waals surface area contributed by atoms with E-state index in [1.54, 1.807) is 6.07 Å². The first-order chi connectivity index (χ1) is 8.66. The molecule has 4 heteroatoms. The Bertz CT molecular complexity index is 426. The summed E-state index contributed by atoms with van der Waals surface area (Å²) in [6.45, 7) is 6.09. The molecule has 0 aromatic heterocycles. The predicted octanol–water partition coefficient (Wildman–Crippen LogP) is 2.20. The fourth-order valence-corrected chi connectivity index (χ4v) is 2.33. The molecule has 2 N–H and O–H groups in total.